The van der Waals surface area contributed by atoms with Gasteiger partial charge >= 0.3 is 0 Å². The molecule has 0 aliphatic carbocycles. The molecular weight excluding hydrogens is 354 g/mol. The highest BCUT2D eigenvalue weighted by Crippen LogP contribution is 2.26. The van der Waals surface area contributed by atoms with Crippen molar-refractivity contribution in [3.8, 4) is 0 Å². The maximum atomic E-state index is 12.4. The number of allylic oxidation sites excluding steroid dienone is 1. The number of aliphatic hydroxyl groups is 1. The largest absolute Gasteiger partial charge is 0.506 e. The van der Waals surface area contributed by atoms with E-state index in [2.05, 4.69) is 25.6 Å². The fourth-order valence-electron chi connectivity index (χ4n) is 1.73. The molecule has 9 nitrogen and oxygen atoms in total. The van der Waals surface area contributed by atoms with Gasteiger partial charge in [-0.25, -0.2) is 13.4 Å². The van der Waals surface area contributed by atoms with Crippen LogP contribution < -0.4 is 0 Å². The summed E-state index contributed by atoms with van der Waals surface area (Å²) in [6, 6.07) is 7.80. The highest BCUT2D eigenvalue weighted by Gasteiger charge is 2.22. The lowest BCUT2D eigenvalue weighted by Crippen LogP contribution is -2.02. The van der Waals surface area contributed by atoms with Crippen LogP contribution in [-0.4, -0.2) is 44.9 Å². The molecule has 2 aromatic heterocycles. The summed E-state index contributed by atoms with van der Waals surface area (Å²) in [5.41, 5.74) is -0.0358. The number of benzene rings is 1. The summed E-state index contributed by atoms with van der Waals surface area (Å²) < 4.78 is 24.7. The third-order valence-corrected chi connectivity index (χ3v) is 5.89. The predicted octanol–water partition coefficient (Wildman–Crippen LogP) is 1.27. The van der Waals surface area contributed by atoms with Crippen LogP contribution in [-0.2, 0) is 9.84 Å². The third kappa shape index (κ3) is 3.07. The molecule has 0 aliphatic rings. The van der Waals surface area contributed by atoms with E-state index < -0.39 is 21.4 Å². The number of carbonyl (C=O) groups excluding carboxylic acids is 1. The number of carbonyl (C=O) groups is 1. The highest BCUT2D eigenvalue weighted by molar-refractivity contribution is 7.93. The molecule has 0 bridgehead atoms. The molecular formula is C13H9N5O4S2. The number of nitrogens with one attached hydrogen (secondary N) is 1. The van der Waals surface area contributed by atoms with Crippen molar-refractivity contribution in [1.29, 1.82) is 0 Å². The minimum Gasteiger partial charge on any atom is -0.506 e. The Hall–Kier alpha value is -2.92. The lowest BCUT2D eigenvalue weighted by atomic mass is 10.3. The number of hydrogen-bond donors (Lipinski definition) is 2. The Labute approximate surface area is 139 Å². The second-order valence-electron chi connectivity index (χ2n) is 4.44. The second-order valence-corrected chi connectivity index (χ2v) is 7.43. The molecule has 3 aromatic rings. The standard InChI is InChI=1S/C13H9N5O4S2/c19-10(6-11(20)12-15-17-18-16-12)9-7-23-13(14-9)24(21,22)8-4-2-1-3-5-8/h1-7,19H,(H,15,16,17,18). The Morgan fingerprint density at radius 2 is 2.00 bits per heavy atom. The van der Waals surface area contributed by atoms with Crippen molar-refractivity contribution < 1.29 is 18.3 Å². The van der Waals surface area contributed by atoms with Gasteiger partial charge in [-0.2, -0.15) is 5.21 Å². The van der Waals surface area contributed by atoms with Gasteiger partial charge in [0.25, 0.3) is 0 Å². The van der Waals surface area contributed by atoms with Crippen molar-refractivity contribution >= 4 is 32.7 Å². The summed E-state index contributed by atoms with van der Waals surface area (Å²) in [6.07, 6.45) is 0.846. The van der Waals surface area contributed by atoms with Gasteiger partial charge in [0.15, 0.2) is 0 Å². The first-order chi connectivity index (χ1) is 11.5. The zero-order valence-corrected chi connectivity index (χ0v) is 13.5. The maximum absolute atomic E-state index is 12.4. The molecule has 24 heavy (non-hydrogen) atoms. The Bertz CT molecular complexity index is 994. The Balaban J connectivity index is 1.89. The number of ketones is 1. The van der Waals surface area contributed by atoms with Crippen LogP contribution >= 0.6 is 11.3 Å². The molecule has 0 radical (unpaired) electrons. The molecule has 0 atom stereocenters. The fourth-order valence-corrected chi connectivity index (χ4v) is 4.14. The molecule has 2 heterocycles. The van der Waals surface area contributed by atoms with Gasteiger partial charge in [0.1, 0.15) is 11.5 Å². The van der Waals surface area contributed by atoms with Crippen molar-refractivity contribution in [2.75, 3.05) is 0 Å². The lowest BCUT2D eigenvalue weighted by molar-refractivity contribution is 0.103. The molecule has 0 saturated heterocycles. The summed E-state index contributed by atoms with van der Waals surface area (Å²) in [7, 11) is -3.78. The number of H-pyrrole nitrogens is 1. The van der Waals surface area contributed by atoms with E-state index in [-0.39, 0.29) is 20.8 Å². The van der Waals surface area contributed by atoms with E-state index in [4.69, 9.17) is 0 Å². The normalized spacial score (nSPS) is 12.2. The highest BCUT2D eigenvalue weighted by atomic mass is 32.2. The SMILES string of the molecule is O=C(C=C(O)c1csc(S(=O)(=O)c2ccccc2)n1)c1nn[nH]n1. The summed E-state index contributed by atoms with van der Waals surface area (Å²) in [5, 5.41) is 23.6. The molecule has 0 aliphatic heterocycles. The second kappa shape index (κ2) is 6.29. The molecule has 11 heteroatoms. The molecule has 0 saturated carbocycles. The van der Waals surface area contributed by atoms with Crippen molar-refractivity contribution in [2.45, 2.75) is 9.24 Å². The molecule has 0 spiro atoms. The van der Waals surface area contributed by atoms with E-state index >= 15 is 0 Å². The zero-order chi connectivity index (χ0) is 17.2. The first-order valence-corrected chi connectivity index (χ1v) is 8.79. The van der Waals surface area contributed by atoms with Crippen LogP contribution in [0.1, 0.15) is 16.3 Å². The van der Waals surface area contributed by atoms with E-state index in [9.17, 15) is 18.3 Å². The number of nitrogens with zero attached hydrogens (tertiary/aromatic N) is 4. The van der Waals surface area contributed by atoms with Crippen LogP contribution in [0.4, 0.5) is 0 Å². The van der Waals surface area contributed by atoms with E-state index in [1.807, 2.05) is 0 Å². The Morgan fingerprint density at radius 3 is 2.67 bits per heavy atom. The summed E-state index contributed by atoms with van der Waals surface area (Å²) >= 11 is 0.843. The molecule has 1 aromatic carbocycles. The maximum Gasteiger partial charge on any atom is 0.244 e. The first kappa shape index (κ1) is 16.0. The van der Waals surface area contributed by atoms with E-state index in [1.54, 1.807) is 18.2 Å². The number of hydrogen-bond acceptors (Lipinski definition) is 9. The average molecular weight is 363 g/mol. The minimum absolute atomic E-state index is 0.0358. The number of aromatic nitrogens is 5. The molecule has 2 N–H and O–H groups in total. The molecule has 3 rings (SSSR count). The number of sulfone groups is 1. The van der Waals surface area contributed by atoms with Crippen molar-refractivity contribution in [1.82, 2.24) is 25.6 Å². The Morgan fingerprint density at radius 1 is 1.25 bits per heavy atom. The third-order valence-electron chi connectivity index (χ3n) is 2.86. The number of tetrazole rings is 1. The van der Waals surface area contributed by atoms with Gasteiger partial charge in [-0.3, -0.25) is 4.79 Å². The lowest BCUT2D eigenvalue weighted by Gasteiger charge is -1.99. The monoisotopic (exact) mass is 363 g/mol. The van der Waals surface area contributed by atoms with Gasteiger partial charge in [0.2, 0.25) is 25.8 Å². The fraction of sp³-hybridized carbons (Fsp3) is 0. The van der Waals surface area contributed by atoms with Crippen molar-refractivity contribution in [3.05, 3.63) is 53.3 Å². The molecule has 0 unspecified atom stereocenters. The molecule has 0 fully saturated rings. The van der Waals surface area contributed by atoms with Crippen LogP contribution in [0.5, 0.6) is 0 Å². The van der Waals surface area contributed by atoms with Crippen LogP contribution in [0.15, 0.2) is 51.0 Å². The first-order valence-electron chi connectivity index (χ1n) is 6.43. The van der Waals surface area contributed by atoms with Crippen LogP contribution in [0.25, 0.3) is 5.76 Å². The van der Waals surface area contributed by atoms with E-state index in [0.29, 0.717) is 0 Å². The van der Waals surface area contributed by atoms with Gasteiger partial charge < -0.3 is 5.11 Å². The minimum atomic E-state index is -3.78. The topological polar surface area (TPSA) is 139 Å². The number of thiazole rings is 1. The van der Waals surface area contributed by atoms with Gasteiger partial charge in [0.05, 0.1) is 4.90 Å². The number of rotatable bonds is 5. The summed E-state index contributed by atoms with van der Waals surface area (Å²) in [4.78, 5) is 15.7. The van der Waals surface area contributed by atoms with Gasteiger partial charge in [-0.15, -0.1) is 21.5 Å². The summed E-state index contributed by atoms with van der Waals surface area (Å²) in [5.74, 6) is -1.41. The van der Waals surface area contributed by atoms with E-state index in [0.717, 1.165) is 17.4 Å². The van der Waals surface area contributed by atoms with Crippen molar-refractivity contribution in [3.63, 3.8) is 0 Å². The molecule has 122 valence electrons. The smallest absolute Gasteiger partial charge is 0.244 e. The number of aliphatic hydroxyl groups excluding tert-OH is 1. The van der Waals surface area contributed by atoms with Gasteiger partial charge in [0, 0.05) is 11.5 Å². The van der Waals surface area contributed by atoms with Crippen LogP contribution in [0, 0.1) is 0 Å². The van der Waals surface area contributed by atoms with E-state index in [1.165, 1.54) is 17.5 Å². The summed E-state index contributed by atoms with van der Waals surface area (Å²) in [6.45, 7) is 0. The predicted molar refractivity (Wildman–Crippen MR) is 83.1 cm³/mol. The Kier molecular flexibility index (Phi) is 4.18. The van der Waals surface area contributed by atoms with Crippen LogP contribution in [0.3, 0.4) is 0 Å². The number of aromatic amines is 1. The quantitative estimate of drug-likeness (QED) is 0.392. The van der Waals surface area contributed by atoms with Crippen molar-refractivity contribution in [2.24, 2.45) is 0 Å². The van der Waals surface area contributed by atoms with Crippen LogP contribution in [0.2, 0.25) is 0 Å². The van der Waals surface area contributed by atoms with Gasteiger partial charge in [-0.05, 0) is 17.3 Å². The van der Waals surface area contributed by atoms with Gasteiger partial charge in [-0.1, -0.05) is 18.2 Å². The average Bonchev–Trinajstić information content (AvgIpc) is 3.27. The molecule has 0 amide bonds. The zero-order valence-electron chi connectivity index (χ0n) is 11.8.